The maximum atomic E-state index is 12.5. The molecular weight excluding hydrogens is 123 g/mol. The van der Waals surface area contributed by atoms with Gasteiger partial charge in [0.25, 0.3) is 0 Å². The lowest BCUT2D eigenvalue weighted by atomic mass is 9.98. The Hall–Kier alpha value is 0.280. The van der Waals surface area contributed by atoms with Gasteiger partial charge in [-0.1, -0.05) is 12.8 Å². The van der Waals surface area contributed by atoms with E-state index in [-0.39, 0.29) is 5.25 Å². The third-order valence-electron chi connectivity index (χ3n) is 1.65. The first-order chi connectivity index (χ1) is 3.80. The van der Waals surface area contributed by atoms with Crippen molar-refractivity contribution >= 4 is 12.6 Å². The summed E-state index contributed by atoms with van der Waals surface area (Å²) in [6.45, 7) is 0. The van der Waals surface area contributed by atoms with Gasteiger partial charge in [-0.3, -0.25) is 0 Å². The second kappa shape index (κ2) is 2.72. The Morgan fingerprint density at radius 2 is 1.88 bits per heavy atom. The molecule has 0 spiro atoms. The number of hydrogen-bond donors (Lipinski definition) is 1. The zero-order chi connectivity index (χ0) is 5.98. The van der Waals surface area contributed by atoms with Crippen LogP contribution in [0.2, 0.25) is 0 Å². The lowest BCUT2D eigenvalue weighted by Gasteiger charge is -2.20. The Morgan fingerprint density at radius 3 is 2.25 bits per heavy atom. The van der Waals surface area contributed by atoms with Gasteiger partial charge in [-0.15, -0.1) is 0 Å². The minimum absolute atomic E-state index is 0.0312. The molecule has 0 N–H and O–H groups in total. The highest BCUT2D eigenvalue weighted by molar-refractivity contribution is 7.81. The molecule has 0 aromatic rings. The third-order valence-corrected chi connectivity index (χ3v) is 2.23. The molecule has 0 aromatic heterocycles. The van der Waals surface area contributed by atoms with Gasteiger partial charge < -0.3 is 0 Å². The third kappa shape index (κ3) is 1.38. The standard InChI is InChI=1S/C6H11FS/c7-5-3-1-2-4-6(5)8/h5-6,8H,1-4H2/t5-,6+/m1/s1. The van der Waals surface area contributed by atoms with Gasteiger partial charge >= 0.3 is 0 Å². The molecule has 1 aliphatic carbocycles. The molecule has 2 heteroatoms. The van der Waals surface area contributed by atoms with E-state index in [1.54, 1.807) is 0 Å². The highest BCUT2D eigenvalue weighted by atomic mass is 32.1. The Kier molecular flexibility index (Phi) is 2.17. The molecule has 0 saturated heterocycles. The molecule has 0 radical (unpaired) electrons. The maximum absolute atomic E-state index is 12.5. The van der Waals surface area contributed by atoms with Crippen molar-refractivity contribution in [3.8, 4) is 0 Å². The van der Waals surface area contributed by atoms with Gasteiger partial charge in [0.05, 0.1) is 0 Å². The van der Waals surface area contributed by atoms with Gasteiger partial charge in [-0.05, 0) is 12.8 Å². The second-order valence-corrected chi connectivity index (χ2v) is 3.03. The first kappa shape index (κ1) is 6.40. The average molecular weight is 134 g/mol. The van der Waals surface area contributed by atoms with Crippen LogP contribution in [0.1, 0.15) is 25.7 Å². The fraction of sp³-hybridized carbons (Fsp3) is 1.00. The summed E-state index contributed by atoms with van der Waals surface area (Å²) in [6, 6.07) is 0. The molecule has 8 heavy (non-hydrogen) atoms. The van der Waals surface area contributed by atoms with Crippen LogP contribution < -0.4 is 0 Å². The molecule has 0 heterocycles. The normalized spacial score (nSPS) is 39.8. The summed E-state index contributed by atoms with van der Waals surface area (Å²) >= 11 is 4.08. The first-order valence-electron chi connectivity index (χ1n) is 3.13. The summed E-state index contributed by atoms with van der Waals surface area (Å²) in [5.41, 5.74) is 0. The molecule has 0 nitrogen and oxygen atoms in total. The topological polar surface area (TPSA) is 0 Å². The van der Waals surface area contributed by atoms with Crippen molar-refractivity contribution in [2.75, 3.05) is 0 Å². The molecule has 0 unspecified atom stereocenters. The lowest BCUT2D eigenvalue weighted by molar-refractivity contribution is 0.261. The molecule has 1 rings (SSSR count). The van der Waals surface area contributed by atoms with E-state index in [1.807, 2.05) is 0 Å². The van der Waals surface area contributed by atoms with Gasteiger partial charge in [0.2, 0.25) is 0 Å². The van der Waals surface area contributed by atoms with Crippen molar-refractivity contribution in [2.24, 2.45) is 0 Å². The van der Waals surface area contributed by atoms with Gasteiger partial charge in [-0.25, -0.2) is 4.39 Å². The average Bonchev–Trinajstić information content (AvgIpc) is 1.77. The summed E-state index contributed by atoms with van der Waals surface area (Å²) in [7, 11) is 0. The van der Waals surface area contributed by atoms with Gasteiger partial charge in [-0.2, -0.15) is 12.6 Å². The van der Waals surface area contributed by atoms with Crippen LogP contribution in [-0.2, 0) is 0 Å². The van der Waals surface area contributed by atoms with E-state index in [4.69, 9.17) is 0 Å². The van der Waals surface area contributed by atoms with Crippen LogP contribution >= 0.6 is 12.6 Å². The van der Waals surface area contributed by atoms with Crippen LogP contribution in [0.25, 0.3) is 0 Å². The van der Waals surface area contributed by atoms with E-state index < -0.39 is 6.17 Å². The van der Waals surface area contributed by atoms with Crippen molar-refractivity contribution in [2.45, 2.75) is 37.1 Å². The van der Waals surface area contributed by atoms with Crippen LogP contribution in [0, 0.1) is 0 Å². The highest BCUT2D eigenvalue weighted by Gasteiger charge is 2.20. The minimum Gasteiger partial charge on any atom is -0.246 e. The zero-order valence-corrected chi connectivity index (χ0v) is 5.70. The van der Waals surface area contributed by atoms with E-state index in [0.29, 0.717) is 0 Å². The van der Waals surface area contributed by atoms with E-state index in [1.165, 1.54) is 0 Å². The van der Waals surface area contributed by atoms with E-state index in [9.17, 15) is 4.39 Å². The lowest BCUT2D eigenvalue weighted by Crippen LogP contribution is -2.20. The van der Waals surface area contributed by atoms with Crippen LogP contribution in [0.3, 0.4) is 0 Å². The first-order valence-corrected chi connectivity index (χ1v) is 3.64. The second-order valence-electron chi connectivity index (χ2n) is 2.37. The van der Waals surface area contributed by atoms with Gasteiger partial charge in [0, 0.05) is 5.25 Å². The molecule has 2 atom stereocenters. The summed E-state index contributed by atoms with van der Waals surface area (Å²) < 4.78 is 12.5. The largest absolute Gasteiger partial charge is 0.246 e. The Balaban J connectivity index is 2.28. The van der Waals surface area contributed by atoms with E-state index in [0.717, 1.165) is 25.7 Å². The maximum Gasteiger partial charge on any atom is 0.112 e. The van der Waals surface area contributed by atoms with Crippen LogP contribution in [0.5, 0.6) is 0 Å². The molecule has 0 aliphatic heterocycles. The van der Waals surface area contributed by atoms with Crippen molar-refractivity contribution in [3.63, 3.8) is 0 Å². The summed E-state index contributed by atoms with van der Waals surface area (Å²) in [6.07, 6.45) is 3.28. The highest BCUT2D eigenvalue weighted by Crippen LogP contribution is 2.24. The SMILES string of the molecule is F[C@@H]1CCCC[C@@H]1S. The quantitative estimate of drug-likeness (QED) is 0.482. The number of hydrogen-bond acceptors (Lipinski definition) is 1. The van der Waals surface area contributed by atoms with Crippen molar-refractivity contribution < 1.29 is 4.39 Å². The fourth-order valence-electron chi connectivity index (χ4n) is 1.07. The molecule has 0 aromatic carbocycles. The van der Waals surface area contributed by atoms with Crippen molar-refractivity contribution in [3.05, 3.63) is 0 Å². The van der Waals surface area contributed by atoms with Gasteiger partial charge in [0.15, 0.2) is 0 Å². The Labute approximate surface area is 54.9 Å². The van der Waals surface area contributed by atoms with Gasteiger partial charge in [0.1, 0.15) is 6.17 Å². The monoisotopic (exact) mass is 134 g/mol. The molecular formula is C6H11FS. The van der Waals surface area contributed by atoms with Crippen LogP contribution in [-0.4, -0.2) is 11.4 Å². The number of halogens is 1. The smallest absolute Gasteiger partial charge is 0.112 e. The molecule has 48 valence electrons. The van der Waals surface area contributed by atoms with Crippen molar-refractivity contribution in [1.82, 2.24) is 0 Å². The Bertz CT molecular complexity index is 64.9. The number of alkyl halides is 1. The fourth-order valence-corrected chi connectivity index (χ4v) is 1.40. The predicted molar refractivity (Wildman–Crippen MR) is 36.1 cm³/mol. The van der Waals surface area contributed by atoms with Crippen LogP contribution in [0.15, 0.2) is 0 Å². The minimum atomic E-state index is -0.632. The number of rotatable bonds is 0. The van der Waals surface area contributed by atoms with Crippen LogP contribution in [0.4, 0.5) is 4.39 Å². The van der Waals surface area contributed by atoms with E-state index >= 15 is 0 Å². The summed E-state index contributed by atoms with van der Waals surface area (Å²) in [5.74, 6) is 0. The van der Waals surface area contributed by atoms with Crippen molar-refractivity contribution in [1.29, 1.82) is 0 Å². The summed E-state index contributed by atoms with van der Waals surface area (Å²) in [4.78, 5) is 0. The molecule has 1 saturated carbocycles. The number of thiol groups is 1. The molecule has 1 aliphatic rings. The van der Waals surface area contributed by atoms with E-state index in [2.05, 4.69) is 12.6 Å². The predicted octanol–water partition coefficient (Wildman–Crippen LogP) is 2.20. The molecule has 0 bridgehead atoms. The summed E-state index contributed by atoms with van der Waals surface area (Å²) in [5, 5.41) is 0.0312. The molecule has 0 amide bonds. The zero-order valence-electron chi connectivity index (χ0n) is 4.81. The Morgan fingerprint density at radius 1 is 1.25 bits per heavy atom. The molecule has 1 fully saturated rings.